The first-order valence-electron chi connectivity index (χ1n) is 17.8. The Hall–Kier alpha value is -6.51. The molecule has 0 aliphatic heterocycles. The van der Waals surface area contributed by atoms with Crippen molar-refractivity contribution in [3.63, 3.8) is 0 Å². The second-order valence-electron chi connectivity index (χ2n) is 13.4. The molecule has 1 aliphatic rings. The summed E-state index contributed by atoms with van der Waals surface area (Å²) >= 11 is 0. The molecule has 0 N–H and O–H groups in total. The van der Waals surface area contributed by atoms with E-state index in [0.717, 1.165) is 41.0 Å². The van der Waals surface area contributed by atoms with Crippen LogP contribution in [0.3, 0.4) is 0 Å². The van der Waals surface area contributed by atoms with Gasteiger partial charge in [-0.05, 0) is 115 Å². The van der Waals surface area contributed by atoms with Gasteiger partial charge in [-0.3, -0.25) is 4.57 Å². The van der Waals surface area contributed by atoms with Gasteiger partial charge in [0.05, 0.1) is 11.0 Å². The highest BCUT2D eigenvalue weighted by Gasteiger charge is 2.20. The highest BCUT2D eigenvalue weighted by atomic mass is 15.1. The molecule has 8 aromatic carbocycles. The Labute approximate surface area is 297 Å². The lowest BCUT2D eigenvalue weighted by molar-refractivity contribution is 1.06. The molecule has 0 unspecified atom stereocenters. The van der Waals surface area contributed by atoms with E-state index in [-0.39, 0.29) is 0 Å². The van der Waals surface area contributed by atoms with E-state index in [1.54, 1.807) is 0 Å². The summed E-state index contributed by atoms with van der Waals surface area (Å²) in [6.07, 6.45) is 8.91. The first-order valence-corrected chi connectivity index (χ1v) is 17.8. The van der Waals surface area contributed by atoms with Crippen molar-refractivity contribution in [2.24, 2.45) is 0 Å². The van der Waals surface area contributed by atoms with Crippen molar-refractivity contribution in [3.05, 3.63) is 188 Å². The molecule has 0 saturated carbocycles. The molecule has 240 valence electrons. The summed E-state index contributed by atoms with van der Waals surface area (Å²) < 4.78 is 2.28. The van der Waals surface area contributed by atoms with E-state index in [4.69, 9.17) is 4.98 Å². The molecule has 0 bridgehead atoms. The van der Waals surface area contributed by atoms with E-state index >= 15 is 0 Å². The van der Waals surface area contributed by atoms with Gasteiger partial charge in [-0.2, -0.15) is 0 Å². The molecule has 10 rings (SSSR count). The predicted octanol–water partition coefficient (Wildman–Crippen LogP) is 13.2. The predicted molar refractivity (Wildman–Crippen MR) is 216 cm³/mol. The van der Waals surface area contributed by atoms with Crippen molar-refractivity contribution in [1.82, 2.24) is 9.55 Å². The molecule has 0 amide bonds. The third-order valence-corrected chi connectivity index (χ3v) is 10.4. The molecule has 0 fully saturated rings. The number of rotatable bonds is 5. The second kappa shape index (κ2) is 12.1. The molecule has 0 radical (unpaired) electrons. The molecular formula is C49H34N2. The Morgan fingerprint density at radius 2 is 1.16 bits per heavy atom. The van der Waals surface area contributed by atoms with Crippen LogP contribution in [0.1, 0.15) is 18.4 Å². The third kappa shape index (κ3) is 4.99. The smallest absolute Gasteiger partial charge is 0.145 e. The lowest BCUT2D eigenvalue weighted by Crippen LogP contribution is -1.98. The van der Waals surface area contributed by atoms with Gasteiger partial charge in [-0.15, -0.1) is 0 Å². The van der Waals surface area contributed by atoms with E-state index in [1.165, 1.54) is 65.7 Å². The van der Waals surface area contributed by atoms with Gasteiger partial charge in [0.1, 0.15) is 5.82 Å². The van der Waals surface area contributed by atoms with Crippen molar-refractivity contribution in [2.45, 2.75) is 12.8 Å². The topological polar surface area (TPSA) is 17.8 Å². The third-order valence-electron chi connectivity index (χ3n) is 10.4. The lowest BCUT2D eigenvalue weighted by Gasteiger charge is -2.21. The van der Waals surface area contributed by atoms with Gasteiger partial charge >= 0.3 is 0 Å². The molecule has 1 aliphatic carbocycles. The number of nitrogens with zero attached hydrogens (tertiary/aromatic N) is 2. The number of benzene rings is 8. The fourth-order valence-corrected chi connectivity index (χ4v) is 8.04. The van der Waals surface area contributed by atoms with Crippen LogP contribution >= 0.6 is 0 Å². The Bertz CT molecular complexity index is 2830. The average molecular weight is 651 g/mol. The second-order valence-corrected chi connectivity index (χ2v) is 13.4. The molecule has 1 aromatic heterocycles. The van der Waals surface area contributed by atoms with Crippen LogP contribution in [0.2, 0.25) is 0 Å². The van der Waals surface area contributed by atoms with Gasteiger partial charge in [0, 0.05) is 11.3 Å². The number of hydrogen-bond acceptors (Lipinski definition) is 1. The lowest BCUT2D eigenvalue weighted by atomic mass is 9.83. The summed E-state index contributed by atoms with van der Waals surface area (Å²) in [5, 5.41) is 7.71. The number of aromatic nitrogens is 2. The van der Waals surface area contributed by atoms with Gasteiger partial charge in [-0.25, -0.2) is 4.98 Å². The molecule has 2 nitrogen and oxygen atoms in total. The van der Waals surface area contributed by atoms with Crippen LogP contribution in [0, 0.1) is 0 Å². The monoisotopic (exact) mass is 650 g/mol. The summed E-state index contributed by atoms with van der Waals surface area (Å²) in [4.78, 5) is 5.06. The van der Waals surface area contributed by atoms with Gasteiger partial charge in [-0.1, -0.05) is 146 Å². The molecule has 51 heavy (non-hydrogen) atoms. The molecule has 9 aromatic rings. The minimum atomic E-state index is 0.947. The first-order chi connectivity index (χ1) is 25.3. The minimum Gasteiger partial charge on any atom is -0.292 e. The van der Waals surface area contributed by atoms with Crippen molar-refractivity contribution in [3.8, 4) is 39.3 Å². The quantitative estimate of drug-likeness (QED) is 0.170. The number of hydrogen-bond donors (Lipinski definition) is 0. The zero-order valence-corrected chi connectivity index (χ0v) is 28.1. The molecule has 0 atom stereocenters. The maximum absolute atomic E-state index is 5.06. The highest BCUT2D eigenvalue weighted by Crippen LogP contribution is 2.45. The highest BCUT2D eigenvalue weighted by molar-refractivity contribution is 6.20. The minimum absolute atomic E-state index is 0.947. The van der Waals surface area contributed by atoms with Crippen LogP contribution in [0.5, 0.6) is 0 Å². The van der Waals surface area contributed by atoms with Gasteiger partial charge in [0.15, 0.2) is 0 Å². The maximum atomic E-state index is 5.06. The molecule has 0 saturated heterocycles. The van der Waals surface area contributed by atoms with Crippen LogP contribution in [-0.2, 0) is 0 Å². The van der Waals surface area contributed by atoms with Crippen LogP contribution in [-0.4, -0.2) is 9.55 Å². The zero-order chi connectivity index (χ0) is 33.7. The van der Waals surface area contributed by atoms with E-state index < -0.39 is 0 Å². The van der Waals surface area contributed by atoms with E-state index in [9.17, 15) is 0 Å². The number of fused-ring (bicyclic) bond motifs is 4. The zero-order valence-electron chi connectivity index (χ0n) is 28.1. The van der Waals surface area contributed by atoms with Crippen LogP contribution in [0.4, 0.5) is 0 Å². The number of imidazole rings is 1. The largest absolute Gasteiger partial charge is 0.292 e. The molecular weight excluding hydrogens is 617 g/mol. The summed E-state index contributed by atoms with van der Waals surface area (Å²) in [7, 11) is 0. The van der Waals surface area contributed by atoms with Gasteiger partial charge in [0.25, 0.3) is 0 Å². The number of para-hydroxylation sites is 2. The fraction of sp³-hybridized carbons (Fsp3) is 0.0408. The van der Waals surface area contributed by atoms with Crippen molar-refractivity contribution < 1.29 is 0 Å². The van der Waals surface area contributed by atoms with Gasteiger partial charge in [0.2, 0.25) is 0 Å². The van der Waals surface area contributed by atoms with Crippen LogP contribution < -0.4 is 0 Å². The van der Waals surface area contributed by atoms with Crippen molar-refractivity contribution in [1.29, 1.82) is 0 Å². The van der Waals surface area contributed by atoms with Crippen LogP contribution in [0.15, 0.2) is 182 Å². The normalized spacial score (nSPS) is 13.0. The van der Waals surface area contributed by atoms with E-state index in [1.807, 2.05) is 0 Å². The standard InChI is InChI=1S/C49H34N2/c1-3-14-35(15-4-1)47-41-19-9-10-20-42(41)48(39-24-23-33-13-7-8-18-37(33)31-39)43-30-27-38(32-44(43)47)34-25-28-40(29-26-34)51-46-22-12-11-21-45(46)50-49(51)36-16-5-2-6-17-36/h1-3,5-14,16-32H,4,15H2. The summed E-state index contributed by atoms with van der Waals surface area (Å²) in [6.45, 7) is 0. The maximum Gasteiger partial charge on any atom is 0.145 e. The molecule has 1 heterocycles. The first kappa shape index (κ1) is 29.4. The summed E-state index contributed by atoms with van der Waals surface area (Å²) in [5.41, 5.74) is 12.0. The average Bonchev–Trinajstić information content (AvgIpc) is 3.60. The van der Waals surface area contributed by atoms with Crippen molar-refractivity contribution >= 4 is 48.9 Å². The van der Waals surface area contributed by atoms with Gasteiger partial charge < -0.3 is 0 Å². The Morgan fingerprint density at radius 3 is 1.98 bits per heavy atom. The molecule has 0 spiro atoms. The van der Waals surface area contributed by atoms with Crippen LogP contribution in [0.25, 0.3) is 88.3 Å². The Morgan fingerprint density at radius 1 is 0.471 bits per heavy atom. The fourth-order valence-electron chi connectivity index (χ4n) is 8.04. The van der Waals surface area contributed by atoms with E-state index in [2.05, 4.69) is 187 Å². The Balaban J connectivity index is 1.17. The summed E-state index contributed by atoms with van der Waals surface area (Å²) in [5.74, 6) is 0.947. The van der Waals surface area contributed by atoms with E-state index in [0.29, 0.717) is 0 Å². The number of allylic oxidation sites excluding steroid dienone is 4. The molecule has 2 heteroatoms. The van der Waals surface area contributed by atoms with Crippen molar-refractivity contribution in [2.75, 3.05) is 0 Å². The SMILES string of the molecule is C1=CCCC(c2c3ccccc3c(-c3ccc4ccccc4c3)c3ccc(-c4ccc(-n5c(-c6ccccc6)nc6ccccc65)cc4)cc23)=C1. The Kier molecular flexibility index (Phi) is 6.99. The summed E-state index contributed by atoms with van der Waals surface area (Å²) in [6, 6.07) is 59.5.